The second kappa shape index (κ2) is 7.76. The lowest BCUT2D eigenvalue weighted by Crippen LogP contribution is -2.19. The van der Waals surface area contributed by atoms with Gasteiger partial charge in [-0.2, -0.15) is 13.2 Å². The average Bonchev–Trinajstić information content (AvgIpc) is 2.79. The molecular weight excluding hydrogens is 279 g/mol. The molecule has 0 bridgehead atoms. The van der Waals surface area contributed by atoms with Crippen molar-refractivity contribution in [2.75, 3.05) is 19.8 Å². The summed E-state index contributed by atoms with van der Waals surface area (Å²) in [5.41, 5.74) is 0. The number of aromatic nitrogens is 2. The van der Waals surface area contributed by atoms with Crippen LogP contribution in [0, 0.1) is 0 Å². The molecule has 0 amide bonds. The van der Waals surface area contributed by atoms with Gasteiger partial charge in [-0.25, -0.2) is 0 Å². The number of nitrogens with one attached hydrogen (secondary N) is 1. The van der Waals surface area contributed by atoms with Crippen molar-refractivity contribution in [3.05, 3.63) is 10.0 Å². The molecule has 0 spiro atoms. The standard InChI is InChI=1S/C11H18F3N3OS/c1-3-5-15-8(2)10-17-16-9(19-10)4-6-18-7-11(12,13)14/h8,15H,3-7H2,1-2H3. The Morgan fingerprint density at radius 2 is 2.11 bits per heavy atom. The Bertz CT molecular complexity index is 370. The maximum atomic E-state index is 11.9. The highest BCUT2D eigenvalue weighted by atomic mass is 32.1. The van der Waals surface area contributed by atoms with Crippen molar-refractivity contribution in [2.24, 2.45) is 0 Å². The minimum atomic E-state index is -4.27. The van der Waals surface area contributed by atoms with Gasteiger partial charge in [0.15, 0.2) is 0 Å². The van der Waals surface area contributed by atoms with Crippen LogP contribution in [0.4, 0.5) is 13.2 Å². The van der Waals surface area contributed by atoms with E-state index in [1.165, 1.54) is 11.3 Å². The molecule has 1 heterocycles. The van der Waals surface area contributed by atoms with Gasteiger partial charge in [0.25, 0.3) is 0 Å². The zero-order chi connectivity index (χ0) is 14.3. The molecule has 0 fully saturated rings. The molecule has 1 unspecified atom stereocenters. The summed E-state index contributed by atoms with van der Waals surface area (Å²) < 4.78 is 40.1. The molecule has 19 heavy (non-hydrogen) atoms. The molecule has 4 nitrogen and oxygen atoms in total. The Morgan fingerprint density at radius 3 is 2.74 bits per heavy atom. The van der Waals surface area contributed by atoms with Gasteiger partial charge < -0.3 is 10.1 Å². The Balaban J connectivity index is 2.30. The largest absolute Gasteiger partial charge is 0.411 e. The van der Waals surface area contributed by atoms with Crippen LogP contribution < -0.4 is 5.32 Å². The Labute approximate surface area is 114 Å². The van der Waals surface area contributed by atoms with Gasteiger partial charge in [0, 0.05) is 6.42 Å². The second-order valence-corrected chi connectivity index (χ2v) is 5.22. The number of alkyl halides is 3. The lowest BCUT2D eigenvalue weighted by molar-refractivity contribution is -0.173. The first kappa shape index (κ1) is 16.3. The van der Waals surface area contributed by atoms with E-state index in [-0.39, 0.29) is 12.6 Å². The molecule has 0 aliphatic heterocycles. The highest BCUT2D eigenvalue weighted by Gasteiger charge is 2.27. The van der Waals surface area contributed by atoms with E-state index in [4.69, 9.17) is 0 Å². The second-order valence-electron chi connectivity index (χ2n) is 4.13. The molecule has 0 saturated carbocycles. The minimum Gasteiger partial charge on any atom is -0.372 e. The SMILES string of the molecule is CCCNC(C)c1nnc(CCOCC(F)(F)F)s1. The van der Waals surface area contributed by atoms with Gasteiger partial charge in [0.1, 0.15) is 16.6 Å². The maximum Gasteiger partial charge on any atom is 0.411 e. The zero-order valence-corrected chi connectivity index (χ0v) is 11.8. The van der Waals surface area contributed by atoms with Crippen LogP contribution in [0.1, 0.15) is 36.3 Å². The molecule has 1 aromatic rings. The zero-order valence-electron chi connectivity index (χ0n) is 11.0. The molecule has 0 aromatic carbocycles. The normalized spacial score (nSPS) is 13.7. The summed E-state index contributed by atoms with van der Waals surface area (Å²) in [6.07, 6.45) is -2.89. The van der Waals surface area contributed by atoms with E-state index in [0.29, 0.717) is 11.4 Å². The van der Waals surface area contributed by atoms with Crippen LogP contribution in [0.3, 0.4) is 0 Å². The Kier molecular flexibility index (Phi) is 6.67. The van der Waals surface area contributed by atoms with E-state index >= 15 is 0 Å². The fraction of sp³-hybridized carbons (Fsp3) is 0.818. The van der Waals surface area contributed by atoms with E-state index in [1.54, 1.807) is 0 Å². The summed E-state index contributed by atoms with van der Waals surface area (Å²) in [6.45, 7) is 3.74. The maximum absolute atomic E-state index is 11.9. The van der Waals surface area contributed by atoms with E-state index in [9.17, 15) is 13.2 Å². The van der Waals surface area contributed by atoms with E-state index < -0.39 is 12.8 Å². The van der Waals surface area contributed by atoms with Crippen molar-refractivity contribution in [3.63, 3.8) is 0 Å². The van der Waals surface area contributed by atoms with Gasteiger partial charge in [-0.3, -0.25) is 0 Å². The molecule has 0 aliphatic carbocycles. The summed E-state index contributed by atoms with van der Waals surface area (Å²) in [5, 5.41) is 12.8. The van der Waals surface area contributed by atoms with Gasteiger partial charge >= 0.3 is 6.18 Å². The molecule has 1 rings (SSSR count). The third-order valence-corrected chi connectivity index (χ3v) is 3.45. The number of hydrogen-bond acceptors (Lipinski definition) is 5. The highest BCUT2D eigenvalue weighted by molar-refractivity contribution is 7.11. The van der Waals surface area contributed by atoms with E-state index in [0.717, 1.165) is 18.0 Å². The average molecular weight is 297 g/mol. The van der Waals surface area contributed by atoms with Crippen LogP contribution in [-0.4, -0.2) is 36.1 Å². The molecule has 0 saturated heterocycles. The fourth-order valence-corrected chi connectivity index (χ4v) is 2.19. The molecule has 1 aromatic heterocycles. The van der Waals surface area contributed by atoms with Crippen molar-refractivity contribution in [1.82, 2.24) is 15.5 Å². The van der Waals surface area contributed by atoms with Gasteiger partial charge in [-0.15, -0.1) is 10.2 Å². The fourth-order valence-electron chi connectivity index (χ4n) is 1.34. The van der Waals surface area contributed by atoms with Crippen molar-refractivity contribution < 1.29 is 17.9 Å². The minimum absolute atomic E-state index is 0.00487. The molecule has 1 atom stereocenters. The number of ether oxygens (including phenoxy) is 1. The lowest BCUT2D eigenvalue weighted by atomic mass is 10.3. The highest BCUT2D eigenvalue weighted by Crippen LogP contribution is 2.19. The van der Waals surface area contributed by atoms with Crippen molar-refractivity contribution in [3.8, 4) is 0 Å². The molecular formula is C11H18F3N3OS. The smallest absolute Gasteiger partial charge is 0.372 e. The predicted octanol–water partition coefficient (Wildman–Crippen LogP) is 2.72. The molecule has 110 valence electrons. The number of hydrogen-bond donors (Lipinski definition) is 1. The van der Waals surface area contributed by atoms with Crippen LogP contribution in [0.5, 0.6) is 0 Å². The quantitative estimate of drug-likeness (QED) is 0.750. The molecule has 0 radical (unpaired) electrons. The van der Waals surface area contributed by atoms with Crippen molar-refractivity contribution >= 4 is 11.3 Å². The number of halogens is 3. The summed E-state index contributed by atoms with van der Waals surface area (Å²) in [5.74, 6) is 0. The van der Waals surface area contributed by atoms with Gasteiger partial charge in [-0.1, -0.05) is 18.3 Å². The molecule has 1 N–H and O–H groups in total. The third kappa shape index (κ3) is 6.84. The van der Waals surface area contributed by atoms with Gasteiger partial charge in [0.2, 0.25) is 0 Å². The summed E-state index contributed by atoms with van der Waals surface area (Å²) in [6, 6.07) is 0.113. The van der Waals surface area contributed by atoms with Gasteiger partial charge in [-0.05, 0) is 19.9 Å². The van der Waals surface area contributed by atoms with Gasteiger partial charge in [0.05, 0.1) is 12.6 Å². The van der Waals surface area contributed by atoms with Crippen LogP contribution in [-0.2, 0) is 11.2 Å². The van der Waals surface area contributed by atoms with Crippen LogP contribution in [0.2, 0.25) is 0 Å². The van der Waals surface area contributed by atoms with Crippen LogP contribution >= 0.6 is 11.3 Å². The number of nitrogens with zero attached hydrogens (tertiary/aromatic N) is 2. The first-order valence-electron chi connectivity index (χ1n) is 6.12. The summed E-state index contributed by atoms with van der Waals surface area (Å²) >= 11 is 1.40. The molecule has 0 aliphatic rings. The topological polar surface area (TPSA) is 47.0 Å². The third-order valence-electron chi connectivity index (χ3n) is 2.28. The van der Waals surface area contributed by atoms with E-state index in [2.05, 4.69) is 27.2 Å². The lowest BCUT2D eigenvalue weighted by Gasteiger charge is -2.08. The van der Waals surface area contributed by atoms with Crippen molar-refractivity contribution in [1.29, 1.82) is 0 Å². The van der Waals surface area contributed by atoms with Crippen molar-refractivity contribution in [2.45, 2.75) is 38.9 Å². The van der Waals surface area contributed by atoms with E-state index in [1.807, 2.05) is 6.92 Å². The van der Waals surface area contributed by atoms with Crippen LogP contribution in [0.15, 0.2) is 0 Å². The first-order chi connectivity index (χ1) is 8.92. The number of rotatable bonds is 8. The summed E-state index contributed by atoms with van der Waals surface area (Å²) in [4.78, 5) is 0. The molecule has 8 heteroatoms. The van der Waals surface area contributed by atoms with Crippen LogP contribution in [0.25, 0.3) is 0 Å². The monoisotopic (exact) mass is 297 g/mol. The Morgan fingerprint density at radius 1 is 1.37 bits per heavy atom. The Hall–Kier alpha value is -0.730. The summed E-state index contributed by atoms with van der Waals surface area (Å²) in [7, 11) is 0. The predicted molar refractivity (Wildman–Crippen MR) is 67.2 cm³/mol. The first-order valence-corrected chi connectivity index (χ1v) is 6.94.